The first-order valence-electron chi connectivity index (χ1n) is 9.69. The standard InChI is InChI=1S/C22H26N2O3S/c1-3-4-5-8-12-23(17-10-7-6-9-16(17)2)21(25)15-24-18-11-13-28-20(18)14-19(24)22(26)27/h6-7,9-11,13-14H,3-5,8,12,15H2,1-2H3,(H,26,27). The Morgan fingerprint density at radius 1 is 1.14 bits per heavy atom. The number of aryl methyl sites for hydroxylation is 1. The number of aromatic nitrogens is 1. The van der Waals surface area contributed by atoms with Crippen LogP contribution in [-0.2, 0) is 11.3 Å². The van der Waals surface area contributed by atoms with Crippen molar-refractivity contribution < 1.29 is 14.7 Å². The van der Waals surface area contributed by atoms with Gasteiger partial charge in [-0.25, -0.2) is 4.79 Å². The quantitative estimate of drug-likeness (QED) is 0.496. The molecule has 0 aliphatic heterocycles. The molecular formula is C22H26N2O3S. The Morgan fingerprint density at radius 3 is 2.64 bits per heavy atom. The van der Waals surface area contributed by atoms with Gasteiger partial charge in [0.25, 0.3) is 0 Å². The lowest BCUT2D eigenvalue weighted by atomic mass is 10.1. The molecule has 1 N–H and O–H groups in total. The molecule has 0 bridgehead atoms. The zero-order chi connectivity index (χ0) is 20.1. The van der Waals surface area contributed by atoms with Crippen LogP contribution in [0.15, 0.2) is 41.8 Å². The van der Waals surface area contributed by atoms with Crippen LogP contribution in [0.2, 0.25) is 0 Å². The largest absolute Gasteiger partial charge is 0.477 e. The van der Waals surface area contributed by atoms with Gasteiger partial charge in [0.15, 0.2) is 0 Å². The Labute approximate surface area is 169 Å². The topological polar surface area (TPSA) is 62.5 Å². The van der Waals surface area contributed by atoms with Crippen LogP contribution in [0, 0.1) is 6.92 Å². The van der Waals surface area contributed by atoms with E-state index in [1.54, 1.807) is 10.6 Å². The number of hydrogen-bond acceptors (Lipinski definition) is 3. The average molecular weight is 399 g/mol. The number of rotatable bonds is 9. The van der Waals surface area contributed by atoms with Crippen molar-refractivity contribution in [2.75, 3.05) is 11.4 Å². The highest BCUT2D eigenvalue weighted by Crippen LogP contribution is 2.27. The third-order valence-electron chi connectivity index (χ3n) is 4.98. The molecule has 0 radical (unpaired) electrons. The number of carboxylic acids is 1. The smallest absolute Gasteiger partial charge is 0.352 e. The van der Waals surface area contributed by atoms with Crippen molar-refractivity contribution in [2.45, 2.75) is 46.1 Å². The van der Waals surface area contributed by atoms with Gasteiger partial charge in [0, 0.05) is 12.2 Å². The van der Waals surface area contributed by atoms with Gasteiger partial charge < -0.3 is 14.6 Å². The summed E-state index contributed by atoms with van der Waals surface area (Å²) in [6.45, 7) is 4.82. The van der Waals surface area contributed by atoms with Crippen LogP contribution in [0.4, 0.5) is 5.69 Å². The number of aromatic carboxylic acids is 1. The molecule has 3 rings (SSSR count). The number of unbranched alkanes of at least 4 members (excludes halogenated alkanes) is 3. The highest BCUT2D eigenvalue weighted by molar-refractivity contribution is 7.17. The zero-order valence-corrected chi connectivity index (χ0v) is 17.2. The molecule has 0 aliphatic rings. The first-order chi connectivity index (χ1) is 13.5. The van der Waals surface area contributed by atoms with Crippen molar-refractivity contribution in [1.29, 1.82) is 0 Å². The van der Waals surface area contributed by atoms with E-state index in [2.05, 4.69) is 6.92 Å². The number of carbonyl (C=O) groups excluding carboxylic acids is 1. The molecule has 2 aromatic heterocycles. The molecule has 1 aromatic carbocycles. The molecule has 0 saturated heterocycles. The first-order valence-corrected chi connectivity index (χ1v) is 10.6. The highest BCUT2D eigenvalue weighted by atomic mass is 32.1. The number of hydrogen-bond donors (Lipinski definition) is 1. The second-order valence-corrected chi connectivity index (χ2v) is 7.93. The Morgan fingerprint density at radius 2 is 1.93 bits per heavy atom. The van der Waals surface area contributed by atoms with E-state index >= 15 is 0 Å². The fourth-order valence-electron chi connectivity index (χ4n) is 3.49. The van der Waals surface area contributed by atoms with Crippen LogP contribution < -0.4 is 4.90 Å². The van der Waals surface area contributed by atoms with E-state index < -0.39 is 5.97 Å². The lowest BCUT2D eigenvalue weighted by Gasteiger charge is -2.25. The van der Waals surface area contributed by atoms with E-state index in [1.807, 2.05) is 47.5 Å². The number of nitrogens with zero attached hydrogens (tertiary/aromatic N) is 2. The monoisotopic (exact) mass is 398 g/mol. The summed E-state index contributed by atoms with van der Waals surface area (Å²) in [5.41, 5.74) is 2.89. The second kappa shape index (κ2) is 9.06. The van der Waals surface area contributed by atoms with Crippen LogP contribution in [-0.4, -0.2) is 28.1 Å². The molecule has 1 amide bonds. The molecule has 0 unspecified atom stereocenters. The molecule has 28 heavy (non-hydrogen) atoms. The van der Waals surface area contributed by atoms with Crippen LogP contribution >= 0.6 is 11.3 Å². The fourth-order valence-corrected chi connectivity index (χ4v) is 4.31. The Kier molecular flexibility index (Phi) is 6.52. The van der Waals surface area contributed by atoms with Crippen molar-refractivity contribution in [3.63, 3.8) is 0 Å². The fraction of sp³-hybridized carbons (Fsp3) is 0.364. The summed E-state index contributed by atoms with van der Waals surface area (Å²) in [6, 6.07) is 11.4. The number of anilines is 1. The summed E-state index contributed by atoms with van der Waals surface area (Å²) in [5.74, 6) is -1.10. The Hall–Kier alpha value is -2.60. The van der Waals surface area contributed by atoms with Gasteiger partial charge in [-0.05, 0) is 42.5 Å². The van der Waals surface area contributed by atoms with Gasteiger partial charge in [-0.3, -0.25) is 4.79 Å². The summed E-state index contributed by atoms with van der Waals surface area (Å²) in [4.78, 5) is 26.8. The highest BCUT2D eigenvalue weighted by Gasteiger charge is 2.22. The van der Waals surface area contributed by atoms with Crippen molar-refractivity contribution in [2.24, 2.45) is 0 Å². The molecular weight excluding hydrogens is 372 g/mol. The van der Waals surface area contributed by atoms with Crippen molar-refractivity contribution in [1.82, 2.24) is 4.57 Å². The molecule has 148 valence electrons. The van der Waals surface area contributed by atoms with E-state index in [0.29, 0.717) is 6.54 Å². The number of carbonyl (C=O) groups is 2. The number of fused-ring (bicyclic) bond motifs is 1. The molecule has 0 atom stereocenters. The molecule has 3 aromatic rings. The third kappa shape index (κ3) is 4.28. The summed E-state index contributed by atoms with van der Waals surface area (Å²) < 4.78 is 2.50. The lowest BCUT2D eigenvalue weighted by Crippen LogP contribution is -2.35. The van der Waals surface area contributed by atoms with Crippen LogP contribution in [0.1, 0.15) is 48.7 Å². The van der Waals surface area contributed by atoms with Crippen molar-refractivity contribution in [3.8, 4) is 0 Å². The van der Waals surface area contributed by atoms with Gasteiger partial charge in [0.2, 0.25) is 5.91 Å². The van der Waals surface area contributed by atoms with Crippen molar-refractivity contribution in [3.05, 3.63) is 53.0 Å². The van der Waals surface area contributed by atoms with Crippen LogP contribution in [0.3, 0.4) is 0 Å². The van der Waals surface area contributed by atoms with Gasteiger partial charge in [-0.15, -0.1) is 11.3 Å². The maximum Gasteiger partial charge on any atom is 0.352 e. The van der Waals surface area contributed by atoms with Gasteiger partial charge in [-0.2, -0.15) is 0 Å². The molecule has 6 heteroatoms. The number of amides is 1. The minimum atomic E-state index is -1.01. The maximum absolute atomic E-state index is 13.3. The Bertz CT molecular complexity index is 973. The third-order valence-corrected chi connectivity index (χ3v) is 5.83. The molecule has 0 spiro atoms. The first kappa shape index (κ1) is 20.1. The minimum absolute atomic E-state index is 0.0178. The van der Waals surface area contributed by atoms with E-state index in [-0.39, 0.29) is 18.1 Å². The Balaban J connectivity index is 1.89. The van der Waals surface area contributed by atoms with Crippen LogP contribution in [0.5, 0.6) is 0 Å². The van der Waals surface area contributed by atoms with Crippen LogP contribution in [0.25, 0.3) is 10.2 Å². The van der Waals surface area contributed by atoms with E-state index in [4.69, 9.17) is 0 Å². The lowest BCUT2D eigenvalue weighted by molar-refractivity contribution is -0.119. The summed E-state index contributed by atoms with van der Waals surface area (Å²) in [5, 5.41) is 11.5. The van der Waals surface area contributed by atoms with Gasteiger partial charge in [-0.1, -0.05) is 44.4 Å². The number of benzene rings is 1. The van der Waals surface area contributed by atoms with E-state index in [9.17, 15) is 14.7 Å². The number of para-hydroxylation sites is 1. The maximum atomic E-state index is 13.3. The molecule has 0 saturated carbocycles. The van der Waals surface area contributed by atoms with Gasteiger partial charge >= 0.3 is 5.97 Å². The zero-order valence-electron chi connectivity index (χ0n) is 16.4. The second-order valence-electron chi connectivity index (χ2n) is 6.98. The minimum Gasteiger partial charge on any atom is -0.477 e. The molecule has 0 fully saturated rings. The average Bonchev–Trinajstić information content (AvgIpc) is 3.25. The number of carboxylic acid groups (broad SMARTS) is 1. The van der Waals surface area contributed by atoms with E-state index in [0.717, 1.165) is 47.2 Å². The van der Waals surface area contributed by atoms with Gasteiger partial charge in [0.05, 0.1) is 10.2 Å². The van der Waals surface area contributed by atoms with E-state index in [1.165, 1.54) is 11.3 Å². The summed E-state index contributed by atoms with van der Waals surface area (Å²) in [7, 11) is 0. The molecule has 0 aliphatic carbocycles. The van der Waals surface area contributed by atoms with Gasteiger partial charge in [0.1, 0.15) is 12.2 Å². The predicted molar refractivity (Wildman–Crippen MR) is 114 cm³/mol. The predicted octanol–water partition coefficient (Wildman–Crippen LogP) is 5.32. The normalized spacial score (nSPS) is 11.1. The molecule has 2 heterocycles. The SMILES string of the molecule is CCCCCCN(C(=O)Cn1c(C(=O)O)cc2sccc21)c1ccccc1C. The molecule has 5 nitrogen and oxygen atoms in total. The van der Waals surface area contributed by atoms with Crippen molar-refractivity contribution >= 4 is 39.1 Å². The summed E-state index contributed by atoms with van der Waals surface area (Å²) >= 11 is 1.48. The number of thiophene rings is 1. The summed E-state index contributed by atoms with van der Waals surface area (Å²) in [6.07, 6.45) is 4.29.